The van der Waals surface area contributed by atoms with Crippen LogP contribution in [-0.2, 0) is 14.4 Å². The Bertz CT molecular complexity index is 910. The molecule has 10 heteroatoms. The van der Waals surface area contributed by atoms with Gasteiger partial charge >= 0.3 is 0 Å². The second-order valence-corrected chi connectivity index (χ2v) is 8.01. The highest BCUT2D eigenvalue weighted by atomic mass is 35.5. The molecule has 2 N–H and O–H groups in total. The molecule has 29 heavy (non-hydrogen) atoms. The third kappa shape index (κ3) is 3.43. The minimum absolute atomic E-state index is 0.159. The van der Waals surface area contributed by atoms with Crippen molar-refractivity contribution in [3.63, 3.8) is 0 Å². The molecular formula is C19H20ClFN4O4. The summed E-state index contributed by atoms with van der Waals surface area (Å²) in [6, 6.07) is 1.39. The normalized spacial score (nSPS) is 28.5. The first-order chi connectivity index (χ1) is 13.8. The Morgan fingerprint density at radius 3 is 2.76 bits per heavy atom. The molecule has 3 fully saturated rings. The number of amides is 4. The lowest BCUT2D eigenvalue weighted by molar-refractivity contribution is -0.143. The molecule has 0 saturated carbocycles. The molecule has 0 radical (unpaired) electrons. The van der Waals surface area contributed by atoms with Crippen molar-refractivity contribution in [1.29, 1.82) is 0 Å². The van der Waals surface area contributed by atoms with Gasteiger partial charge in [0.2, 0.25) is 17.7 Å². The molecule has 3 aliphatic rings. The van der Waals surface area contributed by atoms with E-state index in [4.69, 9.17) is 11.6 Å². The zero-order valence-corrected chi connectivity index (χ0v) is 16.4. The summed E-state index contributed by atoms with van der Waals surface area (Å²) in [7, 11) is 0. The van der Waals surface area contributed by atoms with Crippen molar-refractivity contribution in [2.75, 3.05) is 13.1 Å². The summed E-state index contributed by atoms with van der Waals surface area (Å²) in [5.41, 5.74) is 0.188. The van der Waals surface area contributed by atoms with Crippen LogP contribution < -0.4 is 10.6 Å². The topological polar surface area (TPSA) is 98.8 Å². The first kappa shape index (κ1) is 19.6. The highest BCUT2D eigenvalue weighted by Crippen LogP contribution is 2.29. The lowest BCUT2D eigenvalue weighted by atomic mass is 10.1. The van der Waals surface area contributed by atoms with E-state index in [9.17, 15) is 23.6 Å². The minimum atomic E-state index is -0.716. The van der Waals surface area contributed by atoms with E-state index in [1.807, 2.05) is 0 Å². The van der Waals surface area contributed by atoms with Crippen LogP contribution in [0.4, 0.5) is 4.39 Å². The number of hydrogen-bond acceptors (Lipinski definition) is 4. The first-order valence-electron chi connectivity index (χ1n) is 9.40. The summed E-state index contributed by atoms with van der Waals surface area (Å²) in [6.45, 7) is 1.98. The van der Waals surface area contributed by atoms with Gasteiger partial charge in [-0.15, -0.1) is 0 Å². The monoisotopic (exact) mass is 422 g/mol. The molecule has 1 aromatic rings. The molecule has 8 nitrogen and oxygen atoms in total. The van der Waals surface area contributed by atoms with E-state index in [-0.39, 0.29) is 47.3 Å². The molecule has 3 aliphatic heterocycles. The zero-order valence-electron chi connectivity index (χ0n) is 15.7. The summed E-state index contributed by atoms with van der Waals surface area (Å²) in [5, 5.41) is 5.50. The fourth-order valence-electron chi connectivity index (χ4n) is 4.39. The van der Waals surface area contributed by atoms with Gasteiger partial charge in [0.15, 0.2) is 0 Å². The summed E-state index contributed by atoms with van der Waals surface area (Å²) in [6.07, 6.45) is 0.797. The van der Waals surface area contributed by atoms with Crippen molar-refractivity contribution in [3.8, 4) is 0 Å². The van der Waals surface area contributed by atoms with Crippen LogP contribution in [0.1, 0.15) is 30.1 Å². The summed E-state index contributed by atoms with van der Waals surface area (Å²) < 4.78 is 13.3. The number of carbonyl (C=O) groups is 4. The highest BCUT2D eigenvalue weighted by Gasteiger charge is 2.51. The average molecular weight is 423 g/mol. The van der Waals surface area contributed by atoms with Gasteiger partial charge in [0.25, 0.3) is 5.91 Å². The van der Waals surface area contributed by atoms with Crippen LogP contribution >= 0.6 is 11.6 Å². The maximum atomic E-state index is 13.3. The molecule has 3 saturated heterocycles. The van der Waals surface area contributed by atoms with E-state index < -0.39 is 29.8 Å². The standard InChI is InChI=1S/C19H20ClFN4O4/c1-9(26)24-5-4-14-16(24)19(29)25-8-11(7-15(25)18(28)23-14)22-17(27)10-2-3-13(21)12(20)6-10/h2-3,6,11,14-16H,4-5,7-8H2,1H3,(H,22,27)(H,23,28). The van der Waals surface area contributed by atoms with E-state index in [0.29, 0.717) is 13.0 Å². The van der Waals surface area contributed by atoms with E-state index in [1.165, 1.54) is 28.9 Å². The quantitative estimate of drug-likeness (QED) is 0.716. The smallest absolute Gasteiger partial charge is 0.251 e. The van der Waals surface area contributed by atoms with Crippen LogP contribution in [0.3, 0.4) is 0 Å². The third-order valence-electron chi connectivity index (χ3n) is 5.79. The van der Waals surface area contributed by atoms with Crippen LogP contribution in [-0.4, -0.2) is 70.7 Å². The minimum Gasteiger partial charge on any atom is -0.349 e. The van der Waals surface area contributed by atoms with Crippen LogP contribution in [0.15, 0.2) is 18.2 Å². The Morgan fingerprint density at radius 1 is 1.31 bits per heavy atom. The van der Waals surface area contributed by atoms with E-state index in [2.05, 4.69) is 10.6 Å². The van der Waals surface area contributed by atoms with Crippen molar-refractivity contribution in [2.24, 2.45) is 0 Å². The SMILES string of the molecule is CC(=O)N1CCC2NC(=O)C3CC(NC(=O)c4ccc(F)c(Cl)c4)CN3C(=O)C21. The Balaban J connectivity index is 1.50. The first-order valence-corrected chi connectivity index (χ1v) is 9.78. The van der Waals surface area contributed by atoms with Gasteiger partial charge in [-0.2, -0.15) is 0 Å². The second-order valence-electron chi connectivity index (χ2n) is 7.60. The molecular weight excluding hydrogens is 403 g/mol. The van der Waals surface area contributed by atoms with E-state index in [1.54, 1.807) is 0 Å². The molecule has 0 bridgehead atoms. The molecule has 4 atom stereocenters. The Kier molecular flexibility index (Phi) is 4.94. The molecule has 4 unspecified atom stereocenters. The van der Waals surface area contributed by atoms with E-state index >= 15 is 0 Å². The Hall–Kier alpha value is -2.68. The number of hydrogen-bond donors (Lipinski definition) is 2. The van der Waals surface area contributed by atoms with Crippen molar-refractivity contribution < 1.29 is 23.6 Å². The Labute approximate surface area is 171 Å². The van der Waals surface area contributed by atoms with Crippen LogP contribution in [0.2, 0.25) is 5.02 Å². The molecule has 4 rings (SSSR count). The van der Waals surface area contributed by atoms with Crippen LogP contribution in [0.25, 0.3) is 0 Å². The van der Waals surface area contributed by atoms with Gasteiger partial charge in [0.1, 0.15) is 17.9 Å². The summed E-state index contributed by atoms with van der Waals surface area (Å²) in [4.78, 5) is 53.1. The summed E-state index contributed by atoms with van der Waals surface area (Å²) in [5.74, 6) is -1.87. The van der Waals surface area contributed by atoms with Gasteiger partial charge in [-0.1, -0.05) is 11.6 Å². The molecule has 4 amide bonds. The lowest BCUT2D eigenvalue weighted by Crippen LogP contribution is -2.52. The molecule has 0 aromatic heterocycles. The number of fused-ring (bicyclic) bond motifs is 2. The summed E-state index contributed by atoms with van der Waals surface area (Å²) >= 11 is 5.73. The van der Waals surface area contributed by atoms with Crippen molar-refractivity contribution in [3.05, 3.63) is 34.6 Å². The fraction of sp³-hybridized carbons (Fsp3) is 0.474. The molecule has 154 valence electrons. The van der Waals surface area contributed by atoms with Crippen molar-refractivity contribution in [1.82, 2.24) is 20.4 Å². The maximum absolute atomic E-state index is 13.3. The van der Waals surface area contributed by atoms with E-state index in [0.717, 1.165) is 6.07 Å². The lowest BCUT2D eigenvalue weighted by Gasteiger charge is -2.28. The number of halogens is 2. The predicted molar refractivity (Wildman–Crippen MR) is 101 cm³/mol. The number of carbonyl (C=O) groups excluding carboxylic acids is 4. The molecule has 0 spiro atoms. The third-order valence-corrected chi connectivity index (χ3v) is 6.08. The highest BCUT2D eigenvalue weighted by molar-refractivity contribution is 6.31. The Morgan fingerprint density at radius 2 is 2.07 bits per heavy atom. The van der Waals surface area contributed by atoms with Crippen LogP contribution in [0, 0.1) is 5.82 Å². The zero-order chi connectivity index (χ0) is 20.9. The van der Waals surface area contributed by atoms with Gasteiger partial charge in [-0.3, -0.25) is 19.2 Å². The van der Waals surface area contributed by atoms with Crippen LogP contribution in [0.5, 0.6) is 0 Å². The second kappa shape index (κ2) is 7.29. The fourth-order valence-corrected chi connectivity index (χ4v) is 4.57. The van der Waals surface area contributed by atoms with Gasteiger partial charge in [-0.25, -0.2) is 4.39 Å². The van der Waals surface area contributed by atoms with Crippen molar-refractivity contribution in [2.45, 2.75) is 43.9 Å². The average Bonchev–Trinajstić information content (AvgIpc) is 3.25. The largest absolute Gasteiger partial charge is 0.349 e. The number of nitrogens with zero attached hydrogens (tertiary/aromatic N) is 2. The van der Waals surface area contributed by atoms with Crippen molar-refractivity contribution >= 4 is 35.2 Å². The number of nitrogens with one attached hydrogen (secondary N) is 2. The van der Waals surface area contributed by atoms with Gasteiger partial charge in [0.05, 0.1) is 11.1 Å². The van der Waals surface area contributed by atoms with Gasteiger partial charge in [-0.05, 0) is 31.0 Å². The number of rotatable bonds is 2. The molecule has 3 heterocycles. The van der Waals surface area contributed by atoms with Gasteiger partial charge < -0.3 is 20.4 Å². The maximum Gasteiger partial charge on any atom is 0.251 e. The molecule has 1 aromatic carbocycles. The molecule has 0 aliphatic carbocycles. The predicted octanol–water partition coefficient (Wildman–Crippen LogP) is 0.298. The number of likely N-dealkylation sites (tertiary alicyclic amines) is 1. The van der Waals surface area contributed by atoms with Gasteiger partial charge in [0, 0.05) is 31.6 Å². The number of benzene rings is 1.